The van der Waals surface area contributed by atoms with Gasteiger partial charge in [0.15, 0.2) is 0 Å². The van der Waals surface area contributed by atoms with Crippen LogP contribution in [0, 0.1) is 0 Å². The highest BCUT2D eigenvalue weighted by atomic mass is 35.5. The SMILES string of the molecule is Oc1cc(NNCl)ccc1Cl. The van der Waals surface area contributed by atoms with Crippen LogP contribution in [0.25, 0.3) is 0 Å². The quantitative estimate of drug-likeness (QED) is 0.497. The van der Waals surface area contributed by atoms with E-state index in [-0.39, 0.29) is 5.75 Å². The average molecular weight is 193 g/mol. The molecule has 11 heavy (non-hydrogen) atoms. The number of rotatable bonds is 2. The number of aromatic hydroxyl groups is 1. The van der Waals surface area contributed by atoms with Crippen molar-refractivity contribution in [2.45, 2.75) is 0 Å². The number of nitrogens with one attached hydrogen (secondary N) is 2. The standard InChI is InChI=1S/C6H6Cl2N2O/c7-5-2-1-4(9-10-8)3-6(5)11/h1-3,9-11H. The molecule has 0 bridgehead atoms. The molecule has 1 rings (SSSR count). The van der Waals surface area contributed by atoms with Gasteiger partial charge in [-0.25, -0.2) is 0 Å². The molecule has 3 nitrogen and oxygen atoms in total. The summed E-state index contributed by atoms with van der Waals surface area (Å²) in [7, 11) is 0. The normalized spacial score (nSPS) is 9.64. The topological polar surface area (TPSA) is 44.3 Å². The second-order valence-corrected chi connectivity index (χ2v) is 2.48. The molecule has 3 N–H and O–H groups in total. The third-order valence-corrected chi connectivity index (χ3v) is 1.55. The van der Waals surface area contributed by atoms with E-state index < -0.39 is 0 Å². The summed E-state index contributed by atoms with van der Waals surface area (Å²) in [4.78, 5) is 2.20. The van der Waals surface area contributed by atoms with E-state index >= 15 is 0 Å². The Morgan fingerprint density at radius 3 is 2.64 bits per heavy atom. The lowest BCUT2D eigenvalue weighted by Crippen LogP contribution is -2.07. The maximum Gasteiger partial charge on any atom is 0.136 e. The molecule has 0 heterocycles. The number of halogens is 2. The van der Waals surface area contributed by atoms with Crippen LogP contribution in [0.15, 0.2) is 18.2 Å². The van der Waals surface area contributed by atoms with Crippen molar-refractivity contribution >= 4 is 29.1 Å². The van der Waals surface area contributed by atoms with Gasteiger partial charge in [0.1, 0.15) is 5.75 Å². The van der Waals surface area contributed by atoms with Crippen LogP contribution in [0.2, 0.25) is 5.02 Å². The van der Waals surface area contributed by atoms with E-state index in [0.717, 1.165) is 0 Å². The van der Waals surface area contributed by atoms with Crippen molar-refractivity contribution in [1.82, 2.24) is 4.94 Å². The van der Waals surface area contributed by atoms with Crippen molar-refractivity contribution in [3.63, 3.8) is 0 Å². The minimum absolute atomic E-state index is 0.0172. The molecule has 0 saturated heterocycles. The number of hydrazine groups is 1. The van der Waals surface area contributed by atoms with Gasteiger partial charge in [0, 0.05) is 6.07 Å². The second-order valence-electron chi connectivity index (χ2n) is 1.89. The summed E-state index contributed by atoms with van der Waals surface area (Å²) >= 11 is 10.7. The molecule has 0 aliphatic rings. The van der Waals surface area contributed by atoms with E-state index in [1.165, 1.54) is 6.07 Å². The smallest absolute Gasteiger partial charge is 0.136 e. The van der Waals surface area contributed by atoms with Crippen molar-refractivity contribution in [2.75, 3.05) is 5.43 Å². The predicted molar refractivity (Wildman–Crippen MR) is 45.7 cm³/mol. The van der Waals surface area contributed by atoms with Crippen molar-refractivity contribution in [1.29, 1.82) is 0 Å². The minimum atomic E-state index is 0.0172. The van der Waals surface area contributed by atoms with Gasteiger partial charge < -0.3 is 10.5 Å². The van der Waals surface area contributed by atoms with Crippen molar-refractivity contribution < 1.29 is 5.11 Å². The lowest BCUT2D eigenvalue weighted by atomic mass is 10.3. The summed E-state index contributed by atoms with van der Waals surface area (Å²) in [6.07, 6.45) is 0. The minimum Gasteiger partial charge on any atom is -0.506 e. The van der Waals surface area contributed by atoms with Crippen molar-refractivity contribution in [2.24, 2.45) is 0 Å². The summed E-state index contributed by atoms with van der Waals surface area (Å²) in [6.45, 7) is 0. The fourth-order valence-corrected chi connectivity index (χ4v) is 0.872. The van der Waals surface area contributed by atoms with Crippen LogP contribution in [0.5, 0.6) is 5.75 Å². The van der Waals surface area contributed by atoms with Crippen LogP contribution in [0.1, 0.15) is 0 Å². The van der Waals surface area contributed by atoms with Gasteiger partial charge in [-0.3, -0.25) is 0 Å². The molecule has 5 heteroatoms. The Balaban J connectivity index is 2.86. The molecular formula is C6H6Cl2N2O. The van der Waals surface area contributed by atoms with Gasteiger partial charge >= 0.3 is 0 Å². The Bertz CT molecular complexity index is 254. The van der Waals surface area contributed by atoms with E-state index in [4.69, 9.17) is 28.5 Å². The molecule has 0 saturated carbocycles. The first-order chi connectivity index (χ1) is 5.24. The van der Waals surface area contributed by atoms with E-state index in [1.54, 1.807) is 12.1 Å². The Morgan fingerprint density at radius 1 is 1.36 bits per heavy atom. The van der Waals surface area contributed by atoms with Gasteiger partial charge in [-0.2, -0.15) is 0 Å². The zero-order valence-electron chi connectivity index (χ0n) is 5.44. The molecule has 0 fully saturated rings. The maximum atomic E-state index is 9.08. The molecule has 1 aromatic carbocycles. The average Bonchev–Trinajstić information content (AvgIpc) is 1.98. The predicted octanol–water partition coefficient (Wildman–Crippen LogP) is 2.12. The number of benzene rings is 1. The molecule has 0 amide bonds. The number of hydrogen-bond donors (Lipinski definition) is 3. The van der Waals surface area contributed by atoms with Crippen molar-refractivity contribution in [3.8, 4) is 5.75 Å². The molecule has 1 aromatic rings. The molecule has 0 atom stereocenters. The Morgan fingerprint density at radius 2 is 2.09 bits per heavy atom. The second kappa shape index (κ2) is 3.67. The molecule has 0 spiro atoms. The first-order valence-corrected chi connectivity index (χ1v) is 3.60. The fourth-order valence-electron chi connectivity index (χ4n) is 0.645. The van der Waals surface area contributed by atoms with Gasteiger partial charge in [0.05, 0.1) is 10.7 Å². The van der Waals surface area contributed by atoms with E-state index in [2.05, 4.69) is 10.4 Å². The molecule has 0 aliphatic carbocycles. The highest BCUT2D eigenvalue weighted by molar-refractivity contribution is 6.32. The monoisotopic (exact) mass is 192 g/mol. The summed E-state index contributed by atoms with van der Waals surface area (Å²) < 4.78 is 0. The van der Waals surface area contributed by atoms with Crippen LogP contribution in [-0.2, 0) is 0 Å². The van der Waals surface area contributed by atoms with Gasteiger partial charge in [0.2, 0.25) is 0 Å². The van der Waals surface area contributed by atoms with Crippen LogP contribution >= 0.6 is 23.4 Å². The van der Waals surface area contributed by atoms with Crippen molar-refractivity contribution in [3.05, 3.63) is 23.2 Å². The maximum absolute atomic E-state index is 9.08. The van der Waals surface area contributed by atoms with Crippen LogP contribution < -0.4 is 10.4 Å². The summed E-state index contributed by atoms with van der Waals surface area (Å²) in [5.74, 6) is 0.0172. The number of anilines is 1. The number of phenols is 1. The van der Waals surface area contributed by atoms with E-state index in [1.807, 2.05) is 0 Å². The van der Waals surface area contributed by atoms with Crippen LogP contribution in [-0.4, -0.2) is 5.11 Å². The molecule has 60 valence electrons. The first kappa shape index (κ1) is 8.46. The third-order valence-electron chi connectivity index (χ3n) is 1.14. The molecule has 0 radical (unpaired) electrons. The van der Waals surface area contributed by atoms with Crippen LogP contribution in [0.3, 0.4) is 0 Å². The number of phenolic OH excluding ortho intramolecular Hbond substituents is 1. The van der Waals surface area contributed by atoms with E-state index in [0.29, 0.717) is 10.7 Å². The Labute approximate surface area is 74.0 Å². The fraction of sp³-hybridized carbons (Fsp3) is 0. The summed E-state index contributed by atoms with van der Waals surface area (Å²) in [5, 5.41) is 9.39. The lowest BCUT2D eigenvalue weighted by Gasteiger charge is -2.02. The zero-order chi connectivity index (χ0) is 8.27. The molecule has 0 unspecified atom stereocenters. The third kappa shape index (κ3) is 2.15. The van der Waals surface area contributed by atoms with E-state index in [9.17, 15) is 0 Å². The van der Waals surface area contributed by atoms with Gasteiger partial charge in [-0.1, -0.05) is 11.6 Å². The largest absolute Gasteiger partial charge is 0.506 e. The zero-order valence-corrected chi connectivity index (χ0v) is 6.95. The van der Waals surface area contributed by atoms with Crippen LogP contribution in [0.4, 0.5) is 5.69 Å². The lowest BCUT2D eigenvalue weighted by molar-refractivity contribution is 0.476. The highest BCUT2D eigenvalue weighted by Crippen LogP contribution is 2.25. The van der Waals surface area contributed by atoms with Gasteiger partial charge in [-0.05, 0) is 23.9 Å². The summed E-state index contributed by atoms with van der Waals surface area (Å²) in [5.41, 5.74) is 3.21. The first-order valence-electron chi connectivity index (χ1n) is 2.84. The molecular weight excluding hydrogens is 187 g/mol. The van der Waals surface area contributed by atoms with Gasteiger partial charge in [-0.15, -0.1) is 4.94 Å². The highest BCUT2D eigenvalue weighted by Gasteiger charge is 1.97. The molecule has 0 aromatic heterocycles. The Hall–Kier alpha value is -0.640. The Kier molecular flexibility index (Phi) is 2.82. The molecule has 0 aliphatic heterocycles. The summed E-state index contributed by atoms with van der Waals surface area (Å²) in [6, 6.07) is 4.70. The van der Waals surface area contributed by atoms with Gasteiger partial charge in [0.25, 0.3) is 0 Å². The number of hydrogen-bond acceptors (Lipinski definition) is 3.